The summed E-state index contributed by atoms with van der Waals surface area (Å²) in [5.74, 6) is 0.912. The average Bonchev–Trinajstić information content (AvgIpc) is 3.15. The second-order valence-corrected chi connectivity index (χ2v) is 6.08. The molecule has 1 aromatic heterocycles. The van der Waals surface area contributed by atoms with Crippen LogP contribution in [-0.2, 0) is 11.2 Å². The van der Waals surface area contributed by atoms with Gasteiger partial charge in [0.25, 0.3) is 0 Å². The minimum Gasteiger partial charge on any atom is -0.497 e. The minimum atomic E-state index is -0.370. The lowest BCUT2D eigenvalue weighted by Gasteiger charge is -2.14. The van der Waals surface area contributed by atoms with E-state index in [-0.39, 0.29) is 24.2 Å². The van der Waals surface area contributed by atoms with Gasteiger partial charge in [0.05, 0.1) is 13.2 Å². The van der Waals surface area contributed by atoms with Crippen molar-refractivity contribution in [3.63, 3.8) is 0 Å². The van der Waals surface area contributed by atoms with E-state index in [0.717, 1.165) is 11.3 Å². The fourth-order valence-electron chi connectivity index (χ4n) is 2.61. The summed E-state index contributed by atoms with van der Waals surface area (Å²) in [5.41, 5.74) is 1.51. The number of aromatic nitrogens is 2. The summed E-state index contributed by atoms with van der Waals surface area (Å²) in [6.45, 7) is 1.91. The molecule has 2 aromatic carbocycles. The predicted molar refractivity (Wildman–Crippen MR) is 97.6 cm³/mol. The maximum Gasteiger partial charge on any atom is 0.227 e. The van der Waals surface area contributed by atoms with Gasteiger partial charge in [-0.15, -0.1) is 0 Å². The van der Waals surface area contributed by atoms with Crippen molar-refractivity contribution in [2.24, 2.45) is 0 Å². The second kappa shape index (κ2) is 8.44. The van der Waals surface area contributed by atoms with E-state index in [9.17, 15) is 9.18 Å². The van der Waals surface area contributed by atoms with Crippen molar-refractivity contribution in [3.8, 4) is 17.1 Å². The molecule has 7 heteroatoms. The predicted octanol–water partition coefficient (Wildman–Crippen LogP) is 3.69. The number of carbonyl (C=O) groups is 1. The van der Waals surface area contributed by atoms with Gasteiger partial charge >= 0.3 is 0 Å². The number of ether oxygens (including phenoxy) is 1. The molecule has 1 amide bonds. The van der Waals surface area contributed by atoms with Gasteiger partial charge in [0.1, 0.15) is 11.6 Å². The molecule has 0 aliphatic carbocycles. The summed E-state index contributed by atoms with van der Waals surface area (Å²) in [4.78, 5) is 16.4. The van der Waals surface area contributed by atoms with Crippen LogP contribution in [0.2, 0.25) is 0 Å². The van der Waals surface area contributed by atoms with Gasteiger partial charge in [-0.2, -0.15) is 4.98 Å². The lowest BCUT2D eigenvalue weighted by Crippen LogP contribution is -2.26. The molecule has 0 aliphatic rings. The summed E-state index contributed by atoms with van der Waals surface area (Å²) >= 11 is 0. The van der Waals surface area contributed by atoms with E-state index in [0.29, 0.717) is 23.7 Å². The third-order valence-electron chi connectivity index (χ3n) is 4.11. The second-order valence-electron chi connectivity index (χ2n) is 6.08. The standard InChI is InChI=1S/C20H20FN3O3/c1-13(14-6-8-17(26-2)9-7-14)22-18(25)10-11-19-23-20(24-27-19)15-4-3-5-16(21)12-15/h3-9,12-13H,10-11H2,1-2H3,(H,22,25)/t13-/m1/s1. The molecule has 0 saturated heterocycles. The molecule has 140 valence electrons. The van der Waals surface area contributed by atoms with E-state index in [1.165, 1.54) is 12.1 Å². The van der Waals surface area contributed by atoms with Gasteiger partial charge in [-0.25, -0.2) is 4.39 Å². The van der Waals surface area contributed by atoms with E-state index in [1.807, 2.05) is 31.2 Å². The molecule has 1 N–H and O–H groups in total. The summed E-state index contributed by atoms with van der Waals surface area (Å²) in [6.07, 6.45) is 0.523. The number of halogens is 1. The Labute approximate surface area is 156 Å². The van der Waals surface area contributed by atoms with Crippen LogP contribution in [0.1, 0.15) is 30.8 Å². The third-order valence-corrected chi connectivity index (χ3v) is 4.11. The first-order valence-electron chi connectivity index (χ1n) is 8.57. The van der Waals surface area contributed by atoms with Crippen molar-refractivity contribution >= 4 is 5.91 Å². The molecule has 1 heterocycles. The SMILES string of the molecule is COc1ccc([C@@H](C)NC(=O)CCc2nc(-c3cccc(F)c3)no2)cc1. The first kappa shape index (κ1) is 18.6. The summed E-state index contributed by atoms with van der Waals surface area (Å²) in [6, 6.07) is 13.3. The maximum atomic E-state index is 13.3. The number of amides is 1. The molecule has 1 atom stereocenters. The summed E-state index contributed by atoms with van der Waals surface area (Å²) in [5, 5.41) is 6.76. The first-order valence-corrected chi connectivity index (χ1v) is 8.57. The highest BCUT2D eigenvalue weighted by molar-refractivity contribution is 5.76. The van der Waals surface area contributed by atoms with E-state index in [2.05, 4.69) is 15.5 Å². The molecule has 3 rings (SSSR count). The molecule has 0 saturated carbocycles. The van der Waals surface area contributed by atoms with Gasteiger partial charge in [0.2, 0.25) is 17.6 Å². The van der Waals surface area contributed by atoms with Crippen LogP contribution >= 0.6 is 0 Å². The lowest BCUT2D eigenvalue weighted by atomic mass is 10.1. The van der Waals surface area contributed by atoms with Crippen LogP contribution in [0.25, 0.3) is 11.4 Å². The Hall–Kier alpha value is -3.22. The molecule has 0 fully saturated rings. The van der Waals surface area contributed by atoms with Crippen LogP contribution in [0.4, 0.5) is 4.39 Å². The van der Waals surface area contributed by atoms with Crippen LogP contribution in [0.3, 0.4) is 0 Å². The topological polar surface area (TPSA) is 77.2 Å². The Morgan fingerprint density at radius 2 is 2.04 bits per heavy atom. The van der Waals surface area contributed by atoms with Crippen molar-refractivity contribution in [1.29, 1.82) is 0 Å². The number of nitrogens with one attached hydrogen (secondary N) is 1. The Morgan fingerprint density at radius 1 is 1.26 bits per heavy atom. The first-order chi connectivity index (χ1) is 13.0. The molecule has 3 aromatic rings. The number of hydrogen-bond acceptors (Lipinski definition) is 5. The molecular weight excluding hydrogens is 349 g/mol. The van der Waals surface area contributed by atoms with Crippen molar-refractivity contribution in [2.45, 2.75) is 25.8 Å². The van der Waals surface area contributed by atoms with Crippen molar-refractivity contribution < 1.29 is 18.4 Å². The minimum absolute atomic E-state index is 0.121. The van der Waals surface area contributed by atoms with Gasteiger partial charge < -0.3 is 14.6 Å². The number of carbonyl (C=O) groups excluding carboxylic acids is 1. The van der Waals surface area contributed by atoms with Gasteiger partial charge in [-0.3, -0.25) is 4.79 Å². The number of hydrogen-bond donors (Lipinski definition) is 1. The zero-order chi connectivity index (χ0) is 19.2. The van der Waals surface area contributed by atoms with Crippen molar-refractivity contribution in [2.75, 3.05) is 7.11 Å². The van der Waals surface area contributed by atoms with Crippen molar-refractivity contribution in [1.82, 2.24) is 15.5 Å². The van der Waals surface area contributed by atoms with Gasteiger partial charge in [-0.05, 0) is 36.8 Å². The normalized spacial score (nSPS) is 11.8. The molecule has 0 radical (unpaired) electrons. The molecule has 27 heavy (non-hydrogen) atoms. The van der Waals surface area contributed by atoms with Crippen LogP contribution in [-0.4, -0.2) is 23.2 Å². The Bertz CT molecular complexity index is 909. The molecule has 0 spiro atoms. The number of nitrogens with zero attached hydrogens (tertiary/aromatic N) is 2. The van der Waals surface area contributed by atoms with Crippen molar-refractivity contribution in [3.05, 3.63) is 65.8 Å². The molecular formula is C20H20FN3O3. The van der Waals surface area contributed by atoms with E-state index >= 15 is 0 Å². The number of aryl methyl sites for hydroxylation is 1. The van der Waals surface area contributed by atoms with Crippen LogP contribution in [0.15, 0.2) is 53.1 Å². The van der Waals surface area contributed by atoms with Gasteiger partial charge in [0.15, 0.2) is 0 Å². The number of methoxy groups -OCH3 is 1. The average molecular weight is 369 g/mol. The molecule has 0 aliphatic heterocycles. The Balaban J connectivity index is 1.53. The fraction of sp³-hybridized carbons (Fsp3) is 0.250. The number of rotatable bonds is 7. The smallest absolute Gasteiger partial charge is 0.227 e. The largest absolute Gasteiger partial charge is 0.497 e. The Morgan fingerprint density at radius 3 is 2.74 bits per heavy atom. The van der Waals surface area contributed by atoms with Crippen LogP contribution in [0, 0.1) is 5.82 Å². The molecule has 0 bridgehead atoms. The summed E-state index contributed by atoms with van der Waals surface area (Å²) < 4.78 is 23.5. The highest BCUT2D eigenvalue weighted by Gasteiger charge is 2.13. The Kier molecular flexibility index (Phi) is 5.80. The summed E-state index contributed by atoms with van der Waals surface area (Å²) in [7, 11) is 1.61. The maximum absolute atomic E-state index is 13.3. The van der Waals surface area contributed by atoms with Gasteiger partial charge in [0, 0.05) is 18.4 Å². The van der Waals surface area contributed by atoms with E-state index in [4.69, 9.17) is 9.26 Å². The van der Waals surface area contributed by atoms with Crippen LogP contribution in [0.5, 0.6) is 5.75 Å². The highest BCUT2D eigenvalue weighted by Crippen LogP contribution is 2.19. The third kappa shape index (κ3) is 4.91. The zero-order valence-corrected chi connectivity index (χ0v) is 15.1. The molecule has 0 unspecified atom stereocenters. The van der Waals surface area contributed by atoms with E-state index < -0.39 is 0 Å². The van der Waals surface area contributed by atoms with Crippen LogP contribution < -0.4 is 10.1 Å². The number of benzene rings is 2. The zero-order valence-electron chi connectivity index (χ0n) is 15.1. The highest BCUT2D eigenvalue weighted by atomic mass is 19.1. The van der Waals surface area contributed by atoms with E-state index in [1.54, 1.807) is 19.2 Å². The fourth-order valence-corrected chi connectivity index (χ4v) is 2.61. The lowest BCUT2D eigenvalue weighted by molar-refractivity contribution is -0.121. The monoisotopic (exact) mass is 369 g/mol. The van der Waals surface area contributed by atoms with Gasteiger partial charge in [-0.1, -0.05) is 29.4 Å². The molecule has 6 nitrogen and oxygen atoms in total. The quantitative estimate of drug-likeness (QED) is 0.687.